The number of sulfonamides is 1. The van der Waals surface area contributed by atoms with Crippen LogP contribution in [0.1, 0.15) is 35.3 Å². The maximum absolute atomic E-state index is 12.3. The van der Waals surface area contributed by atoms with E-state index < -0.39 is 10.0 Å². The molecule has 0 aromatic heterocycles. The van der Waals surface area contributed by atoms with Crippen molar-refractivity contribution in [2.45, 2.75) is 37.9 Å². The lowest BCUT2D eigenvalue weighted by Gasteiger charge is -2.11. The van der Waals surface area contributed by atoms with Crippen molar-refractivity contribution >= 4 is 15.9 Å². The highest BCUT2D eigenvalue weighted by Gasteiger charge is 2.16. The Morgan fingerprint density at radius 3 is 2.04 bits per heavy atom. The molecule has 0 unspecified atom stereocenters. The summed E-state index contributed by atoms with van der Waals surface area (Å²) < 4.78 is 26.7. The second kappa shape index (κ2) is 9.12. The summed E-state index contributed by atoms with van der Waals surface area (Å²) in [5, 5.41) is 2.85. The van der Waals surface area contributed by atoms with E-state index in [0.29, 0.717) is 12.1 Å². The van der Waals surface area contributed by atoms with Gasteiger partial charge < -0.3 is 10.2 Å². The largest absolute Gasteiger partial charge is 0.348 e. The van der Waals surface area contributed by atoms with Crippen molar-refractivity contribution < 1.29 is 13.2 Å². The SMILES string of the molecule is CC(C)NS(=O)(=O)c1ccc(C(=O)NCc2ccc(CN(C)C)cc2)cc1. The molecule has 2 N–H and O–H groups in total. The number of benzene rings is 2. The van der Waals surface area contributed by atoms with Crippen molar-refractivity contribution in [3.8, 4) is 0 Å². The van der Waals surface area contributed by atoms with E-state index in [-0.39, 0.29) is 16.8 Å². The topological polar surface area (TPSA) is 78.5 Å². The molecule has 7 heteroatoms. The van der Waals surface area contributed by atoms with E-state index in [9.17, 15) is 13.2 Å². The van der Waals surface area contributed by atoms with E-state index in [0.717, 1.165) is 12.1 Å². The normalized spacial score (nSPS) is 11.8. The molecule has 0 radical (unpaired) electrons. The summed E-state index contributed by atoms with van der Waals surface area (Å²) in [5.41, 5.74) is 2.63. The Hall–Kier alpha value is -2.22. The van der Waals surface area contributed by atoms with Crippen molar-refractivity contribution in [2.24, 2.45) is 0 Å². The molecule has 0 aliphatic carbocycles. The van der Waals surface area contributed by atoms with Crippen molar-refractivity contribution in [2.75, 3.05) is 14.1 Å². The molecule has 0 bridgehead atoms. The van der Waals surface area contributed by atoms with Gasteiger partial charge in [-0.1, -0.05) is 24.3 Å². The summed E-state index contributed by atoms with van der Waals surface area (Å²) in [5.74, 6) is -0.242. The summed E-state index contributed by atoms with van der Waals surface area (Å²) in [7, 11) is 0.480. The predicted molar refractivity (Wildman–Crippen MR) is 107 cm³/mol. The molecule has 2 rings (SSSR count). The van der Waals surface area contributed by atoms with Crippen LogP contribution in [0.5, 0.6) is 0 Å². The molecule has 2 aromatic rings. The van der Waals surface area contributed by atoms with Crippen molar-refractivity contribution in [3.05, 3.63) is 65.2 Å². The molecule has 0 saturated heterocycles. The minimum atomic E-state index is -3.56. The van der Waals surface area contributed by atoms with Crippen LogP contribution >= 0.6 is 0 Å². The number of carbonyl (C=O) groups excluding carboxylic acids is 1. The van der Waals surface area contributed by atoms with E-state index in [1.165, 1.54) is 29.8 Å². The molecule has 0 atom stereocenters. The minimum absolute atomic E-state index is 0.143. The number of carbonyl (C=O) groups is 1. The number of nitrogens with zero attached hydrogens (tertiary/aromatic N) is 1. The number of hydrogen-bond acceptors (Lipinski definition) is 4. The Labute approximate surface area is 161 Å². The molecular formula is C20H27N3O3S. The van der Waals surface area contributed by atoms with Gasteiger partial charge in [-0.25, -0.2) is 13.1 Å². The Kier molecular flexibility index (Phi) is 7.12. The summed E-state index contributed by atoms with van der Waals surface area (Å²) in [6.07, 6.45) is 0. The third-order valence-electron chi connectivity index (χ3n) is 3.79. The van der Waals surface area contributed by atoms with E-state index in [2.05, 4.69) is 14.9 Å². The van der Waals surface area contributed by atoms with Crippen molar-refractivity contribution in [3.63, 3.8) is 0 Å². The lowest BCUT2D eigenvalue weighted by molar-refractivity contribution is 0.0951. The van der Waals surface area contributed by atoms with E-state index in [1.807, 2.05) is 38.4 Å². The second-order valence-electron chi connectivity index (χ2n) is 7.04. The van der Waals surface area contributed by atoms with Gasteiger partial charge in [0, 0.05) is 24.7 Å². The zero-order chi connectivity index (χ0) is 20.0. The molecule has 0 aliphatic heterocycles. The van der Waals surface area contributed by atoms with Crippen LogP contribution in [-0.4, -0.2) is 39.4 Å². The van der Waals surface area contributed by atoms with Gasteiger partial charge in [0.1, 0.15) is 0 Å². The fourth-order valence-corrected chi connectivity index (χ4v) is 3.83. The van der Waals surface area contributed by atoms with E-state index >= 15 is 0 Å². The first-order valence-corrected chi connectivity index (χ1v) is 10.3. The zero-order valence-electron chi connectivity index (χ0n) is 16.2. The Morgan fingerprint density at radius 2 is 1.52 bits per heavy atom. The second-order valence-corrected chi connectivity index (χ2v) is 8.75. The van der Waals surface area contributed by atoms with Crippen LogP contribution in [0.25, 0.3) is 0 Å². The molecule has 0 aliphatic rings. The summed E-state index contributed by atoms with van der Waals surface area (Å²) in [6.45, 7) is 4.79. The van der Waals surface area contributed by atoms with Crippen LogP contribution in [0.15, 0.2) is 53.4 Å². The average molecular weight is 390 g/mol. The summed E-state index contributed by atoms with van der Waals surface area (Å²) in [6, 6.07) is 13.8. The van der Waals surface area contributed by atoms with E-state index in [1.54, 1.807) is 13.8 Å². The Morgan fingerprint density at radius 1 is 0.963 bits per heavy atom. The van der Waals surface area contributed by atoms with Gasteiger partial charge >= 0.3 is 0 Å². The molecular weight excluding hydrogens is 362 g/mol. The van der Waals surface area contributed by atoms with Gasteiger partial charge in [-0.05, 0) is 63.3 Å². The quantitative estimate of drug-likeness (QED) is 0.727. The molecule has 0 saturated carbocycles. The number of amides is 1. The smallest absolute Gasteiger partial charge is 0.251 e. The molecule has 1 amide bonds. The highest BCUT2D eigenvalue weighted by atomic mass is 32.2. The number of hydrogen-bond donors (Lipinski definition) is 2. The minimum Gasteiger partial charge on any atom is -0.348 e. The molecule has 0 fully saturated rings. The predicted octanol–water partition coefficient (Wildman–Crippen LogP) is 2.36. The van der Waals surface area contributed by atoms with Gasteiger partial charge in [0.05, 0.1) is 4.90 Å². The third-order valence-corrected chi connectivity index (χ3v) is 5.47. The Balaban J connectivity index is 1.96. The summed E-state index contributed by atoms with van der Waals surface area (Å²) in [4.78, 5) is 14.5. The maximum Gasteiger partial charge on any atom is 0.251 e. The first kappa shape index (κ1) is 21.1. The van der Waals surface area contributed by atoms with Crippen molar-refractivity contribution in [1.82, 2.24) is 14.9 Å². The lowest BCUT2D eigenvalue weighted by atomic mass is 10.1. The molecule has 27 heavy (non-hydrogen) atoms. The van der Waals surface area contributed by atoms with Gasteiger partial charge in [0.15, 0.2) is 0 Å². The van der Waals surface area contributed by atoms with Crippen LogP contribution in [0.3, 0.4) is 0 Å². The lowest BCUT2D eigenvalue weighted by Crippen LogP contribution is -2.30. The van der Waals surface area contributed by atoms with Crippen LogP contribution in [-0.2, 0) is 23.1 Å². The third kappa shape index (κ3) is 6.46. The monoisotopic (exact) mass is 389 g/mol. The van der Waals surface area contributed by atoms with Crippen molar-refractivity contribution in [1.29, 1.82) is 0 Å². The average Bonchev–Trinajstić information content (AvgIpc) is 2.59. The van der Waals surface area contributed by atoms with Gasteiger partial charge in [-0.15, -0.1) is 0 Å². The highest BCUT2D eigenvalue weighted by Crippen LogP contribution is 2.12. The molecule has 6 nitrogen and oxygen atoms in total. The fourth-order valence-electron chi connectivity index (χ4n) is 2.58. The van der Waals surface area contributed by atoms with Gasteiger partial charge in [-0.2, -0.15) is 0 Å². The highest BCUT2D eigenvalue weighted by molar-refractivity contribution is 7.89. The van der Waals surface area contributed by atoms with Crippen LogP contribution in [0.4, 0.5) is 0 Å². The van der Waals surface area contributed by atoms with Crippen LogP contribution in [0.2, 0.25) is 0 Å². The van der Waals surface area contributed by atoms with Gasteiger partial charge in [0.25, 0.3) is 5.91 Å². The summed E-state index contributed by atoms with van der Waals surface area (Å²) >= 11 is 0. The molecule has 146 valence electrons. The zero-order valence-corrected chi connectivity index (χ0v) is 17.0. The Bertz CT molecular complexity index is 858. The molecule has 0 heterocycles. The molecule has 0 spiro atoms. The van der Waals surface area contributed by atoms with Gasteiger partial charge in [0.2, 0.25) is 10.0 Å². The first-order chi connectivity index (χ1) is 12.7. The fraction of sp³-hybridized carbons (Fsp3) is 0.350. The maximum atomic E-state index is 12.3. The van der Waals surface area contributed by atoms with Gasteiger partial charge in [-0.3, -0.25) is 4.79 Å². The number of nitrogens with one attached hydrogen (secondary N) is 2. The standard InChI is InChI=1S/C20H27N3O3S/c1-15(2)22-27(25,26)19-11-9-18(10-12-19)20(24)21-13-16-5-7-17(8-6-16)14-23(3)4/h5-12,15,22H,13-14H2,1-4H3,(H,21,24). The number of rotatable bonds is 8. The molecule has 2 aromatic carbocycles. The van der Waals surface area contributed by atoms with E-state index in [4.69, 9.17) is 0 Å². The first-order valence-electron chi connectivity index (χ1n) is 8.80. The van der Waals surface area contributed by atoms with Crippen LogP contribution in [0, 0.1) is 0 Å². The van der Waals surface area contributed by atoms with Crippen LogP contribution < -0.4 is 10.0 Å².